The smallest absolute Gasteiger partial charge is 0.312 e. The number of hydrogen-bond acceptors (Lipinski definition) is 10. The van der Waals surface area contributed by atoms with Crippen molar-refractivity contribution < 1.29 is 38.1 Å². The Hall–Kier alpha value is -7.20. The normalized spacial score (nSPS) is 23.4. The first-order valence-electron chi connectivity index (χ1n) is 21.6. The monoisotopic (exact) mass is 854 g/mol. The van der Waals surface area contributed by atoms with Crippen molar-refractivity contribution in [3.63, 3.8) is 0 Å². The first kappa shape index (κ1) is 42.1. The summed E-state index contributed by atoms with van der Waals surface area (Å²) in [5, 5.41) is 0. The van der Waals surface area contributed by atoms with E-state index in [1.165, 1.54) is 28.4 Å². The van der Waals surface area contributed by atoms with E-state index in [9.17, 15) is 19.2 Å². The molecule has 10 rings (SSSR count). The van der Waals surface area contributed by atoms with Gasteiger partial charge in [0.1, 0.15) is 0 Å². The van der Waals surface area contributed by atoms with E-state index in [1.807, 2.05) is 109 Å². The Morgan fingerprint density at radius 1 is 0.359 bits per heavy atom. The summed E-state index contributed by atoms with van der Waals surface area (Å²) in [6.07, 6.45) is 1.52. The lowest BCUT2D eigenvalue weighted by Gasteiger charge is -2.34. The second kappa shape index (κ2) is 17.9. The minimum Gasteiger partial charge on any atom is -0.469 e. The third-order valence-electron chi connectivity index (χ3n) is 13.6. The molecule has 64 heavy (non-hydrogen) atoms. The van der Waals surface area contributed by atoms with Crippen LogP contribution in [0.2, 0.25) is 0 Å². The van der Waals surface area contributed by atoms with Crippen molar-refractivity contribution in [3.05, 3.63) is 202 Å². The lowest BCUT2D eigenvalue weighted by Crippen LogP contribution is -2.32. The highest BCUT2D eigenvalue weighted by molar-refractivity contribution is 5.89. The standard InChI is InChI=1S/2C27H25NO4/c2*1-31-26(29)22-23(27(30)32-2)25-20-14-8-6-12-18(20)16-19-13-7-9-15-21(19)28(25)24(22)17-10-4-3-5-11-17/h2*3-15,22-25H,16H2,1-2H3/t2*22-,23-,24-,25+/m10/s1. The molecule has 2 saturated heterocycles. The van der Waals surface area contributed by atoms with Crippen LogP contribution in [0, 0.1) is 23.7 Å². The molecule has 0 aliphatic carbocycles. The van der Waals surface area contributed by atoms with E-state index >= 15 is 0 Å². The topological polar surface area (TPSA) is 112 Å². The van der Waals surface area contributed by atoms with Crippen molar-refractivity contribution in [3.8, 4) is 0 Å². The van der Waals surface area contributed by atoms with Crippen molar-refractivity contribution in [2.75, 3.05) is 38.2 Å². The Balaban J connectivity index is 0.000000162. The molecule has 2 fully saturated rings. The van der Waals surface area contributed by atoms with Crippen LogP contribution in [0.5, 0.6) is 0 Å². The van der Waals surface area contributed by atoms with Crippen molar-refractivity contribution >= 4 is 35.3 Å². The molecular weight excluding hydrogens is 805 g/mol. The van der Waals surface area contributed by atoms with Crippen molar-refractivity contribution in [1.82, 2.24) is 0 Å². The van der Waals surface area contributed by atoms with Gasteiger partial charge in [-0.1, -0.05) is 146 Å². The number of carbonyl (C=O) groups is 4. The quantitative estimate of drug-likeness (QED) is 0.119. The Kier molecular flexibility index (Phi) is 11.8. The number of para-hydroxylation sites is 2. The fourth-order valence-corrected chi connectivity index (χ4v) is 11.0. The molecule has 4 aliphatic rings. The number of hydrogen-bond donors (Lipinski definition) is 0. The van der Waals surface area contributed by atoms with Crippen LogP contribution < -0.4 is 9.80 Å². The molecule has 6 aromatic carbocycles. The van der Waals surface area contributed by atoms with Gasteiger partial charge in [0, 0.05) is 11.4 Å². The fourth-order valence-electron chi connectivity index (χ4n) is 11.0. The second-order valence-electron chi connectivity index (χ2n) is 16.6. The number of ether oxygens (including phenoxy) is 4. The molecule has 0 N–H and O–H groups in total. The maximum Gasteiger partial charge on any atom is 0.312 e. The number of carbonyl (C=O) groups excluding carboxylic acids is 4. The zero-order chi connectivity index (χ0) is 44.5. The van der Waals surface area contributed by atoms with Gasteiger partial charge in [0.25, 0.3) is 0 Å². The van der Waals surface area contributed by atoms with Crippen LogP contribution in [0.15, 0.2) is 158 Å². The summed E-state index contributed by atoms with van der Waals surface area (Å²) < 4.78 is 21.0. The molecular formula is C54H50N2O8. The maximum absolute atomic E-state index is 13.3. The highest BCUT2D eigenvalue weighted by atomic mass is 16.5. The number of esters is 4. The van der Waals surface area contributed by atoms with E-state index in [2.05, 4.69) is 58.3 Å². The minimum atomic E-state index is -0.709. The molecule has 324 valence electrons. The Labute approximate surface area is 373 Å². The Morgan fingerprint density at radius 3 is 0.984 bits per heavy atom. The third-order valence-corrected chi connectivity index (χ3v) is 13.6. The largest absolute Gasteiger partial charge is 0.469 e. The maximum atomic E-state index is 13.3. The van der Waals surface area contributed by atoms with E-state index in [-0.39, 0.29) is 24.2 Å². The summed E-state index contributed by atoms with van der Waals surface area (Å²) in [4.78, 5) is 57.5. The predicted molar refractivity (Wildman–Crippen MR) is 242 cm³/mol. The fraction of sp³-hybridized carbons (Fsp3) is 0.259. The van der Waals surface area contributed by atoms with Gasteiger partial charge < -0.3 is 28.7 Å². The third kappa shape index (κ3) is 7.16. The molecule has 0 spiro atoms. The summed E-state index contributed by atoms with van der Waals surface area (Å²) in [5.74, 6) is -4.44. The number of fused-ring (bicyclic) bond motifs is 10. The van der Waals surface area contributed by atoms with Gasteiger partial charge in [-0.25, -0.2) is 0 Å². The molecule has 10 heteroatoms. The first-order chi connectivity index (χ1) is 31.3. The zero-order valence-corrected chi connectivity index (χ0v) is 36.2. The van der Waals surface area contributed by atoms with Gasteiger partial charge in [0.2, 0.25) is 0 Å². The van der Waals surface area contributed by atoms with E-state index < -0.39 is 47.5 Å². The number of benzene rings is 6. The molecule has 0 amide bonds. The van der Waals surface area contributed by atoms with Crippen molar-refractivity contribution in [1.29, 1.82) is 0 Å². The molecule has 6 aromatic rings. The van der Waals surface area contributed by atoms with E-state index in [1.54, 1.807) is 0 Å². The molecule has 10 nitrogen and oxygen atoms in total. The molecule has 0 unspecified atom stereocenters. The molecule has 8 atom stereocenters. The number of rotatable bonds is 6. The molecule has 4 heterocycles. The van der Waals surface area contributed by atoms with Crippen LogP contribution >= 0.6 is 0 Å². The van der Waals surface area contributed by atoms with E-state index in [0.29, 0.717) is 0 Å². The van der Waals surface area contributed by atoms with Crippen molar-refractivity contribution in [2.45, 2.75) is 37.0 Å². The van der Waals surface area contributed by atoms with Crippen LogP contribution in [-0.4, -0.2) is 52.3 Å². The number of methoxy groups -OCH3 is 4. The van der Waals surface area contributed by atoms with Gasteiger partial charge in [-0.3, -0.25) is 19.2 Å². The summed E-state index contributed by atoms with van der Waals surface area (Å²) >= 11 is 0. The SMILES string of the molecule is COC(=O)[C@@H]1[C@@H](C(=O)OC)[C@@H]2c3ccccc3Cc3ccccc3N2[C@@H]1c1ccccc1.COC(=O)[C@H]1[C@H](C(=O)OC)[C@H](c2ccccc2)N2c3ccccc3Cc3ccccc3[C@H]12. The molecule has 0 radical (unpaired) electrons. The van der Waals surface area contributed by atoms with Gasteiger partial charge in [-0.05, 0) is 69.5 Å². The summed E-state index contributed by atoms with van der Waals surface area (Å²) in [5.41, 5.74) is 10.7. The Morgan fingerprint density at radius 2 is 0.641 bits per heavy atom. The second-order valence-corrected chi connectivity index (χ2v) is 16.6. The first-order valence-corrected chi connectivity index (χ1v) is 21.6. The number of anilines is 2. The molecule has 0 aromatic heterocycles. The summed E-state index contributed by atoms with van der Waals surface area (Å²) in [6, 6.07) is 51.2. The number of nitrogens with zero attached hydrogens (tertiary/aromatic N) is 2. The highest BCUT2D eigenvalue weighted by Crippen LogP contribution is 2.58. The average molecular weight is 855 g/mol. The van der Waals surface area contributed by atoms with Gasteiger partial charge in [0.15, 0.2) is 0 Å². The lowest BCUT2D eigenvalue weighted by atomic mass is 9.81. The Bertz CT molecular complexity index is 2500. The predicted octanol–water partition coefficient (Wildman–Crippen LogP) is 8.94. The minimum absolute atomic E-state index is 0.350. The van der Waals surface area contributed by atoms with Crippen molar-refractivity contribution in [2.24, 2.45) is 23.7 Å². The van der Waals surface area contributed by atoms with E-state index in [4.69, 9.17) is 18.9 Å². The summed E-state index contributed by atoms with van der Waals surface area (Å²) in [7, 11) is 5.52. The summed E-state index contributed by atoms with van der Waals surface area (Å²) in [6.45, 7) is 0. The average Bonchev–Trinajstić information content (AvgIpc) is 3.79. The molecule has 4 aliphatic heterocycles. The van der Waals surface area contributed by atoms with Gasteiger partial charge in [-0.15, -0.1) is 0 Å². The highest BCUT2D eigenvalue weighted by Gasteiger charge is 2.60. The lowest BCUT2D eigenvalue weighted by molar-refractivity contribution is -0.157. The van der Waals surface area contributed by atoms with Gasteiger partial charge in [-0.2, -0.15) is 0 Å². The van der Waals surface area contributed by atoms with Crippen LogP contribution in [0.1, 0.15) is 68.7 Å². The van der Waals surface area contributed by atoms with Crippen LogP contribution in [0.3, 0.4) is 0 Å². The van der Waals surface area contributed by atoms with Crippen LogP contribution in [0.4, 0.5) is 11.4 Å². The molecule has 0 bridgehead atoms. The van der Waals surface area contributed by atoms with Crippen LogP contribution in [0.25, 0.3) is 0 Å². The van der Waals surface area contributed by atoms with E-state index in [0.717, 1.165) is 68.7 Å². The zero-order valence-electron chi connectivity index (χ0n) is 36.2. The van der Waals surface area contributed by atoms with Crippen LogP contribution in [-0.2, 0) is 51.0 Å². The van der Waals surface area contributed by atoms with Gasteiger partial charge >= 0.3 is 23.9 Å². The van der Waals surface area contributed by atoms with Gasteiger partial charge in [0.05, 0.1) is 76.3 Å². The molecule has 0 saturated carbocycles.